The van der Waals surface area contributed by atoms with Crippen LogP contribution in [0.2, 0.25) is 0 Å². The first-order valence-corrected chi connectivity index (χ1v) is 7.85. The molecule has 1 fully saturated rings. The molecule has 3 rings (SSSR count). The summed E-state index contributed by atoms with van der Waals surface area (Å²) in [4.78, 5) is 9.90. The van der Waals surface area contributed by atoms with Crippen molar-refractivity contribution in [2.75, 3.05) is 31.1 Å². The zero-order valence-corrected chi connectivity index (χ0v) is 13.6. The van der Waals surface area contributed by atoms with Crippen molar-refractivity contribution in [3.8, 4) is 11.3 Å². The van der Waals surface area contributed by atoms with Gasteiger partial charge in [-0.1, -0.05) is 0 Å². The van der Waals surface area contributed by atoms with Gasteiger partial charge in [-0.25, -0.2) is 9.97 Å². The highest BCUT2D eigenvalue weighted by molar-refractivity contribution is 5.63. The number of piperazine rings is 1. The van der Waals surface area contributed by atoms with Crippen LogP contribution in [0.3, 0.4) is 0 Å². The van der Waals surface area contributed by atoms with E-state index in [0.29, 0.717) is 38.3 Å². The van der Waals surface area contributed by atoms with Crippen molar-refractivity contribution in [3.05, 3.63) is 23.7 Å². The molecule has 0 spiro atoms. The van der Waals surface area contributed by atoms with Gasteiger partial charge in [0, 0.05) is 44.0 Å². The summed E-state index contributed by atoms with van der Waals surface area (Å²) in [7, 11) is 0. The van der Waals surface area contributed by atoms with Crippen molar-refractivity contribution in [1.82, 2.24) is 25.1 Å². The van der Waals surface area contributed by atoms with Crippen LogP contribution in [-0.2, 0) is 12.7 Å². The van der Waals surface area contributed by atoms with Gasteiger partial charge in [-0.2, -0.15) is 18.3 Å². The zero-order chi connectivity index (χ0) is 17.3. The number of nitrogens with one attached hydrogen (secondary N) is 1. The van der Waals surface area contributed by atoms with Gasteiger partial charge in [-0.05, 0) is 19.9 Å². The first-order valence-electron chi connectivity index (χ1n) is 7.85. The highest BCUT2D eigenvalue weighted by atomic mass is 19.4. The van der Waals surface area contributed by atoms with E-state index in [0.717, 1.165) is 11.8 Å². The molecule has 0 radical (unpaired) electrons. The molecule has 130 valence electrons. The second-order valence-corrected chi connectivity index (χ2v) is 5.63. The minimum absolute atomic E-state index is 0.116. The molecule has 0 aliphatic carbocycles. The highest BCUT2D eigenvalue weighted by Gasteiger charge is 2.34. The molecule has 1 aliphatic heterocycles. The average molecular weight is 340 g/mol. The second-order valence-electron chi connectivity index (χ2n) is 5.63. The Balaban J connectivity index is 2.09. The number of aromatic nitrogens is 4. The Kier molecular flexibility index (Phi) is 4.44. The predicted molar refractivity (Wildman–Crippen MR) is 83.7 cm³/mol. The lowest BCUT2D eigenvalue weighted by Gasteiger charge is -2.28. The van der Waals surface area contributed by atoms with Gasteiger partial charge in [-0.3, -0.25) is 4.68 Å². The average Bonchev–Trinajstić information content (AvgIpc) is 2.95. The Morgan fingerprint density at radius 3 is 2.50 bits per heavy atom. The summed E-state index contributed by atoms with van der Waals surface area (Å²) >= 11 is 0. The van der Waals surface area contributed by atoms with Gasteiger partial charge >= 0.3 is 6.18 Å². The largest absolute Gasteiger partial charge is 0.433 e. The molecule has 0 unspecified atom stereocenters. The lowest BCUT2D eigenvalue weighted by molar-refractivity contribution is -0.141. The molecule has 0 atom stereocenters. The lowest BCUT2D eigenvalue weighted by atomic mass is 10.1. The Labute approximate surface area is 137 Å². The van der Waals surface area contributed by atoms with Gasteiger partial charge in [0.05, 0.1) is 11.9 Å². The Morgan fingerprint density at radius 1 is 1.21 bits per heavy atom. The fourth-order valence-corrected chi connectivity index (χ4v) is 2.74. The van der Waals surface area contributed by atoms with E-state index in [1.54, 1.807) is 15.8 Å². The van der Waals surface area contributed by atoms with E-state index in [-0.39, 0.29) is 11.6 Å². The fourth-order valence-electron chi connectivity index (χ4n) is 2.74. The third-order valence-corrected chi connectivity index (χ3v) is 4.08. The normalized spacial score (nSPS) is 15.8. The molecule has 0 saturated carbocycles. The van der Waals surface area contributed by atoms with Crippen LogP contribution in [0.1, 0.15) is 18.3 Å². The van der Waals surface area contributed by atoms with Crippen LogP contribution in [0.15, 0.2) is 12.3 Å². The van der Waals surface area contributed by atoms with Gasteiger partial charge in [0.1, 0.15) is 0 Å². The summed E-state index contributed by atoms with van der Waals surface area (Å²) in [5.74, 6) is 0.116. The van der Waals surface area contributed by atoms with E-state index in [1.807, 2.05) is 13.8 Å². The molecule has 6 nitrogen and oxygen atoms in total. The van der Waals surface area contributed by atoms with E-state index < -0.39 is 11.9 Å². The number of anilines is 1. The molecule has 1 aliphatic rings. The summed E-state index contributed by atoms with van der Waals surface area (Å²) < 4.78 is 41.5. The summed E-state index contributed by atoms with van der Waals surface area (Å²) in [6, 6.07) is 0.996. The van der Waals surface area contributed by atoms with Crippen LogP contribution in [0.5, 0.6) is 0 Å². The Hall–Kier alpha value is -2.16. The number of aryl methyl sites for hydroxylation is 1. The maximum atomic E-state index is 13.3. The summed E-state index contributed by atoms with van der Waals surface area (Å²) in [6.45, 7) is 6.95. The molecule has 1 saturated heterocycles. The van der Waals surface area contributed by atoms with Gasteiger partial charge in [-0.15, -0.1) is 0 Å². The molecule has 3 heterocycles. The van der Waals surface area contributed by atoms with Crippen molar-refractivity contribution in [2.45, 2.75) is 26.6 Å². The van der Waals surface area contributed by atoms with Crippen molar-refractivity contribution in [1.29, 1.82) is 0 Å². The molecule has 0 amide bonds. The first kappa shape index (κ1) is 16.7. The van der Waals surface area contributed by atoms with Crippen LogP contribution in [0, 0.1) is 6.92 Å². The van der Waals surface area contributed by atoms with E-state index in [9.17, 15) is 13.2 Å². The standard InChI is InChI=1S/C15H19F3N6/c1-3-24-10(2)11(9-20-24)12-8-13(15(16,17)18)22-14(21-12)23-6-4-19-5-7-23/h8-9,19H,3-7H2,1-2H3. The maximum absolute atomic E-state index is 13.3. The molecule has 24 heavy (non-hydrogen) atoms. The van der Waals surface area contributed by atoms with E-state index >= 15 is 0 Å². The van der Waals surface area contributed by atoms with Crippen molar-refractivity contribution < 1.29 is 13.2 Å². The Morgan fingerprint density at radius 2 is 1.92 bits per heavy atom. The van der Waals surface area contributed by atoms with Gasteiger partial charge < -0.3 is 10.2 Å². The molecular formula is C15H19F3N6. The van der Waals surface area contributed by atoms with E-state index in [2.05, 4.69) is 20.4 Å². The quantitative estimate of drug-likeness (QED) is 0.927. The van der Waals surface area contributed by atoms with Gasteiger partial charge in [0.15, 0.2) is 5.69 Å². The monoisotopic (exact) mass is 340 g/mol. The third-order valence-electron chi connectivity index (χ3n) is 4.08. The summed E-state index contributed by atoms with van der Waals surface area (Å²) in [5.41, 5.74) is 0.712. The van der Waals surface area contributed by atoms with E-state index in [1.165, 1.54) is 0 Å². The van der Waals surface area contributed by atoms with Crippen molar-refractivity contribution >= 4 is 5.95 Å². The van der Waals surface area contributed by atoms with Crippen LogP contribution < -0.4 is 10.2 Å². The number of nitrogens with zero attached hydrogens (tertiary/aromatic N) is 5. The molecule has 0 aromatic carbocycles. The molecule has 0 bridgehead atoms. The number of alkyl halides is 3. The van der Waals surface area contributed by atoms with Crippen LogP contribution in [-0.4, -0.2) is 45.9 Å². The van der Waals surface area contributed by atoms with Crippen LogP contribution in [0.4, 0.5) is 19.1 Å². The minimum atomic E-state index is -4.52. The maximum Gasteiger partial charge on any atom is 0.433 e. The molecule has 2 aromatic rings. The molecular weight excluding hydrogens is 321 g/mol. The zero-order valence-electron chi connectivity index (χ0n) is 13.6. The summed E-state index contributed by atoms with van der Waals surface area (Å²) in [5, 5.41) is 7.36. The van der Waals surface area contributed by atoms with Gasteiger partial charge in [0.25, 0.3) is 0 Å². The smallest absolute Gasteiger partial charge is 0.338 e. The molecule has 2 aromatic heterocycles. The first-order chi connectivity index (χ1) is 11.4. The topological polar surface area (TPSA) is 58.9 Å². The lowest BCUT2D eigenvalue weighted by Crippen LogP contribution is -2.44. The number of hydrogen-bond acceptors (Lipinski definition) is 5. The van der Waals surface area contributed by atoms with Crippen LogP contribution in [0.25, 0.3) is 11.3 Å². The molecule has 9 heteroatoms. The number of hydrogen-bond donors (Lipinski definition) is 1. The fraction of sp³-hybridized carbons (Fsp3) is 0.533. The number of halogens is 3. The van der Waals surface area contributed by atoms with E-state index in [4.69, 9.17) is 0 Å². The highest BCUT2D eigenvalue weighted by Crippen LogP contribution is 2.32. The summed E-state index contributed by atoms with van der Waals surface area (Å²) in [6.07, 6.45) is -2.96. The van der Waals surface area contributed by atoms with Crippen molar-refractivity contribution in [2.24, 2.45) is 0 Å². The second kappa shape index (κ2) is 6.39. The van der Waals surface area contributed by atoms with Gasteiger partial charge in [0.2, 0.25) is 5.95 Å². The molecule has 1 N–H and O–H groups in total. The van der Waals surface area contributed by atoms with Crippen molar-refractivity contribution in [3.63, 3.8) is 0 Å². The minimum Gasteiger partial charge on any atom is -0.338 e. The predicted octanol–water partition coefficient (Wildman–Crippen LogP) is 2.10. The Bertz CT molecular complexity index is 718. The third kappa shape index (κ3) is 3.21. The SMILES string of the molecule is CCn1ncc(-c2cc(C(F)(F)F)nc(N3CCNCC3)n2)c1C. The number of rotatable bonds is 3. The van der Waals surface area contributed by atoms with Crippen LogP contribution >= 0.6 is 0 Å².